The minimum atomic E-state index is -0.670. The van der Waals surface area contributed by atoms with Crippen LogP contribution >= 0.6 is 0 Å². The van der Waals surface area contributed by atoms with E-state index >= 15 is 0 Å². The minimum absolute atomic E-state index is 0.0812. The van der Waals surface area contributed by atoms with E-state index in [0.717, 1.165) is 0 Å². The molecule has 0 unspecified atom stereocenters. The van der Waals surface area contributed by atoms with Gasteiger partial charge in [-0.15, -0.1) is 0 Å². The first kappa shape index (κ1) is 9.86. The van der Waals surface area contributed by atoms with Crippen LogP contribution in [0.2, 0.25) is 0 Å². The zero-order valence-corrected chi connectivity index (χ0v) is 7.47. The van der Waals surface area contributed by atoms with Crippen molar-refractivity contribution >= 4 is 12.0 Å². The van der Waals surface area contributed by atoms with E-state index < -0.39 is 5.97 Å². The van der Waals surface area contributed by atoms with Crippen LogP contribution in [0, 0.1) is 11.3 Å². The quantitative estimate of drug-likeness (QED) is 0.386. The van der Waals surface area contributed by atoms with Crippen LogP contribution < -0.4 is 0 Å². The molecular weight excluding hydrogens is 182 g/mol. The molecule has 0 atom stereocenters. The Bertz CT molecular complexity index is 392. The van der Waals surface area contributed by atoms with Gasteiger partial charge in [0.2, 0.25) is 0 Å². The van der Waals surface area contributed by atoms with Crippen molar-refractivity contribution in [2.24, 2.45) is 0 Å². The van der Waals surface area contributed by atoms with E-state index in [2.05, 4.69) is 14.7 Å². The molecule has 1 rings (SSSR count). The highest BCUT2D eigenvalue weighted by molar-refractivity contribution is 5.97. The van der Waals surface area contributed by atoms with E-state index in [1.165, 1.54) is 31.9 Å². The molecular formula is C9H7N3O2. The van der Waals surface area contributed by atoms with E-state index in [1.807, 2.05) is 0 Å². The molecule has 14 heavy (non-hydrogen) atoms. The molecule has 0 N–H and O–H groups in total. The lowest BCUT2D eigenvalue weighted by atomic mass is 10.2. The molecule has 1 aromatic heterocycles. The SMILES string of the molecule is COC(=O)C(C#N)=Cc1cncnc1. The summed E-state index contributed by atoms with van der Waals surface area (Å²) in [6, 6.07) is 1.73. The molecule has 1 heterocycles. The molecule has 5 heteroatoms. The van der Waals surface area contributed by atoms with Crippen LogP contribution in [0.5, 0.6) is 0 Å². The summed E-state index contributed by atoms with van der Waals surface area (Å²) in [6.07, 6.45) is 5.72. The van der Waals surface area contributed by atoms with Gasteiger partial charge in [-0.1, -0.05) is 0 Å². The molecule has 0 spiro atoms. The maximum Gasteiger partial charge on any atom is 0.348 e. The monoisotopic (exact) mass is 189 g/mol. The Morgan fingerprint density at radius 3 is 2.71 bits per heavy atom. The van der Waals surface area contributed by atoms with Gasteiger partial charge in [0.15, 0.2) is 0 Å². The van der Waals surface area contributed by atoms with Gasteiger partial charge in [0.25, 0.3) is 0 Å². The van der Waals surface area contributed by atoms with Gasteiger partial charge in [0, 0.05) is 18.0 Å². The van der Waals surface area contributed by atoms with Crippen molar-refractivity contribution in [2.45, 2.75) is 0 Å². The van der Waals surface area contributed by atoms with Gasteiger partial charge in [0.05, 0.1) is 7.11 Å². The molecule has 0 radical (unpaired) electrons. The third-order valence-electron chi connectivity index (χ3n) is 1.42. The third kappa shape index (κ3) is 2.38. The van der Waals surface area contributed by atoms with Gasteiger partial charge in [-0.3, -0.25) is 0 Å². The maximum absolute atomic E-state index is 11.0. The lowest BCUT2D eigenvalue weighted by Gasteiger charge is -1.95. The van der Waals surface area contributed by atoms with Crippen molar-refractivity contribution in [2.75, 3.05) is 7.11 Å². The smallest absolute Gasteiger partial charge is 0.348 e. The van der Waals surface area contributed by atoms with Gasteiger partial charge >= 0.3 is 5.97 Å². The molecule has 0 saturated carbocycles. The van der Waals surface area contributed by atoms with Gasteiger partial charge < -0.3 is 4.74 Å². The summed E-state index contributed by atoms with van der Waals surface area (Å²) < 4.78 is 4.40. The summed E-state index contributed by atoms with van der Waals surface area (Å²) in [5.74, 6) is -0.670. The Morgan fingerprint density at radius 2 is 2.21 bits per heavy atom. The first-order valence-electron chi connectivity index (χ1n) is 3.73. The van der Waals surface area contributed by atoms with E-state index in [4.69, 9.17) is 5.26 Å². The maximum atomic E-state index is 11.0. The Balaban J connectivity index is 2.97. The fraction of sp³-hybridized carbons (Fsp3) is 0.111. The van der Waals surface area contributed by atoms with Crippen LogP contribution in [0.25, 0.3) is 6.08 Å². The predicted octanol–water partition coefficient (Wildman–Crippen LogP) is 0.557. The van der Waals surface area contributed by atoms with Crippen LogP contribution in [0.15, 0.2) is 24.3 Å². The molecule has 0 fully saturated rings. The second kappa shape index (κ2) is 4.72. The molecule has 0 amide bonds. The van der Waals surface area contributed by atoms with Crippen molar-refractivity contribution < 1.29 is 9.53 Å². The number of carbonyl (C=O) groups excluding carboxylic acids is 1. The molecule has 0 bridgehead atoms. The number of nitrogens with zero attached hydrogens (tertiary/aromatic N) is 3. The van der Waals surface area contributed by atoms with E-state index in [0.29, 0.717) is 5.56 Å². The second-order valence-electron chi connectivity index (χ2n) is 2.33. The summed E-state index contributed by atoms with van der Waals surface area (Å²) in [4.78, 5) is 18.5. The van der Waals surface area contributed by atoms with E-state index in [-0.39, 0.29) is 5.57 Å². The van der Waals surface area contributed by atoms with Crippen molar-refractivity contribution in [3.63, 3.8) is 0 Å². The predicted molar refractivity (Wildman–Crippen MR) is 47.6 cm³/mol. The van der Waals surface area contributed by atoms with Gasteiger partial charge in [-0.25, -0.2) is 14.8 Å². The minimum Gasteiger partial charge on any atom is -0.465 e. The lowest BCUT2D eigenvalue weighted by Crippen LogP contribution is -2.02. The lowest BCUT2D eigenvalue weighted by molar-refractivity contribution is -0.135. The molecule has 0 aromatic carbocycles. The highest BCUT2D eigenvalue weighted by Crippen LogP contribution is 2.04. The number of nitriles is 1. The molecule has 0 saturated heterocycles. The fourth-order valence-corrected chi connectivity index (χ4v) is 0.799. The number of hydrogen-bond donors (Lipinski definition) is 0. The van der Waals surface area contributed by atoms with Gasteiger partial charge in [-0.2, -0.15) is 5.26 Å². The Labute approximate surface area is 80.7 Å². The number of methoxy groups -OCH3 is 1. The highest BCUT2D eigenvalue weighted by atomic mass is 16.5. The van der Waals surface area contributed by atoms with Crippen molar-refractivity contribution in [1.82, 2.24) is 9.97 Å². The standard InChI is InChI=1S/C9H7N3O2/c1-14-9(13)8(3-10)2-7-4-11-6-12-5-7/h2,4-6H,1H3. The Kier molecular flexibility index (Phi) is 3.33. The van der Waals surface area contributed by atoms with Crippen LogP contribution in [0.4, 0.5) is 0 Å². The number of esters is 1. The highest BCUT2D eigenvalue weighted by Gasteiger charge is 2.07. The number of carbonyl (C=O) groups is 1. The van der Waals surface area contributed by atoms with E-state index in [1.54, 1.807) is 6.07 Å². The van der Waals surface area contributed by atoms with Crippen molar-refractivity contribution in [1.29, 1.82) is 5.26 Å². The van der Waals surface area contributed by atoms with Crippen molar-refractivity contribution in [3.8, 4) is 6.07 Å². The summed E-state index contributed by atoms with van der Waals surface area (Å²) in [5.41, 5.74) is 0.497. The summed E-state index contributed by atoms with van der Waals surface area (Å²) in [5, 5.41) is 8.63. The average molecular weight is 189 g/mol. The first-order valence-corrected chi connectivity index (χ1v) is 3.73. The summed E-state index contributed by atoms with van der Waals surface area (Å²) in [7, 11) is 1.22. The topological polar surface area (TPSA) is 75.9 Å². The van der Waals surface area contributed by atoms with Gasteiger partial charge in [-0.05, 0) is 6.08 Å². The molecule has 70 valence electrons. The van der Waals surface area contributed by atoms with Gasteiger partial charge in [0.1, 0.15) is 18.0 Å². The number of aromatic nitrogens is 2. The second-order valence-corrected chi connectivity index (χ2v) is 2.33. The first-order chi connectivity index (χ1) is 6.77. The summed E-state index contributed by atoms with van der Waals surface area (Å²) in [6.45, 7) is 0. The van der Waals surface area contributed by atoms with Crippen LogP contribution in [-0.2, 0) is 9.53 Å². The number of ether oxygens (including phenoxy) is 1. The largest absolute Gasteiger partial charge is 0.465 e. The normalized spacial score (nSPS) is 10.4. The Hall–Kier alpha value is -2.22. The summed E-state index contributed by atoms with van der Waals surface area (Å²) >= 11 is 0. The van der Waals surface area contributed by atoms with Crippen LogP contribution in [0.1, 0.15) is 5.56 Å². The van der Waals surface area contributed by atoms with Crippen LogP contribution in [-0.4, -0.2) is 23.0 Å². The van der Waals surface area contributed by atoms with Crippen molar-refractivity contribution in [3.05, 3.63) is 29.9 Å². The fourth-order valence-electron chi connectivity index (χ4n) is 0.799. The number of rotatable bonds is 2. The third-order valence-corrected chi connectivity index (χ3v) is 1.42. The average Bonchev–Trinajstić information content (AvgIpc) is 2.26. The number of hydrogen-bond acceptors (Lipinski definition) is 5. The molecule has 1 aromatic rings. The van der Waals surface area contributed by atoms with Crippen LogP contribution in [0.3, 0.4) is 0 Å². The molecule has 5 nitrogen and oxygen atoms in total. The zero-order chi connectivity index (χ0) is 10.4. The Morgan fingerprint density at radius 1 is 1.57 bits per heavy atom. The molecule has 0 aliphatic rings. The zero-order valence-electron chi connectivity index (χ0n) is 7.47. The molecule has 0 aliphatic carbocycles. The van der Waals surface area contributed by atoms with E-state index in [9.17, 15) is 4.79 Å². The molecule has 0 aliphatic heterocycles.